The van der Waals surface area contributed by atoms with Gasteiger partial charge in [0.05, 0.1) is 12.8 Å². The van der Waals surface area contributed by atoms with Crippen molar-refractivity contribution in [2.75, 3.05) is 25.5 Å². The maximum atomic E-state index is 12.6. The number of nitrogens with one attached hydrogen (secondary N) is 1. The van der Waals surface area contributed by atoms with E-state index in [1.165, 1.54) is 24.2 Å². The molecule has 2 aromatic rings. The highest BCUT2D eigenvalue weighted by atomic mass is 32.1. The molecule has 1 saturated heterocycles. The van der Waals surface area contributed by atoms with Crippen molar-refractivity contribution in [3.8, 4) is 5.75 Å². The van der Waals surface area contributed by atoms with Crippen LogP contribution in [0.25, 0.3) is 0 Å². The fraction of sp³-hybridized carbons (Fsp3) is 0.474. The zero-order chi connectivity index (χ0) is 17.8. The third kappa shape index (κ3) is 4.38. The summed E-state index contributed by atoms with van der Waals surface area (Å²) in [5.74, 6) is 1.06. The molecule has 6 heteroatoms. The summed E-state index contributed by atoms with van der Waals surface area (Å²) >= 11 is 1.46. The molecule has 0 bridgehead atoms. The van der Waals surface area contributed by atoms with Gasteiger partial charge in [0.25, 0.3) is 5.91 Å². The molecule has 0 saturated carbocycles. The Hall–Kier alpha value is -1.92. The molecule has 0 unspecified atom stereocenters. The first-order valence-electron chi connectivity index (χ1n) is 8.73. The topological polar surface area (TPSA) is 54.5 Å². The molecular weight excluding hydrogens is 334 g/mol. The molecule has 134 valence electrons. The van der Waals surface area contributed by atoms with Crippen LogP contribution in [0.4, 0.5) is 5.13 Å². The molecule has 0 spiro atoms. The molecule has 3 rings (SSSR count). The molecule has 0 atom stereocenters. The van der Waals surface area contributed by atoms with E-state index in [0.29, 0.717) is 16.6 Å². The molecule has 25 heavy (non-hydrogen) atoms. The molecule has 1 amide bonds. The number of likely N-dealkylation sites (tertiary alicyclic amines) is 1. The summed E-state index contributed by atoms with van der Waals surface area (Å²) in [6.07, 6.45) is 2.48. The third-order valence-corrected chi connectivity index (χ3v) is 5.25. The summed E-state index contributed by atoms with van der Waals surface area (Å²) in [4.78, 5) is 19.4. The van der Waals surface area contributed by atoms with Gasteiger partial charge in [-0.2, -0.15) is 0 Å². The Bertz CT molecular complexity index is 736. The number of rotatable bonds is 6. The minimum absolute atomic E-state index is 0.130. The van der Waals surface area contributed by atoms with Gasteiger partial charge in [-0.05, 0) is 50.0 Å². The molecular formula is C19H25N3O2S. The van der Waals surface area contributed by atoms with Gasteiger partial charge in [0.1, 0.15) is 5.75 Å². The molecule has 1 N–H and O–H groups in total. The lowest BCUT2D eigenvalue weighted by Gasteiger charge is -2.17. The Balaban J connectivity index is 1.74. The molecule has 5 nitrogen and oxygen atoms in total. The summed E-state index contributed by atoms with van der Waals surface area (Å²) in [7, 11) is 1.67. The van der Waals surface area contributed by atoms with Crippen molar-refractivity contribution in [2.45, 2.75) is 39.2 Å². The van der Waals surface area contributed by atoms with E-state index >= 15 is 0 Å². The predicted molar refractivity (Wildman–Crippen MR) is 102 cm³/mol. The Kier molecular flexibility index (Phi) is 5.71. The van der Waals surface area contributed by atoms with Crippen LogP contribution in [0.1, 0.15) is 54.2 Å². The Morgan fingerprint density at radius 1 is 1.36 bits per heavy atom. The van der Waals surface area contributed by atoms with Crippen LogP contribution >= 0.6 is 11.3 Å². The van der Waals surface area contributed by atoms with E-state index in [1.54, 1.807) is 13.2 Å². The SMILES string of the molecule is COc1ccc(C(=O)Nc2nc(C(C)C)cs2)cc1CN1CCCC1. The number of carbonyl (C=O) groups excluding carboxylic acids is 1. The van der Waals surface area contributed by atoms with Gasteiger partial charge in [-0.1, -0.05) is 13.8 Å². The van der Waals surface area contributed by atoms with Gasteiger partial charge in [0.2, 0.25) is 0 Å². The number of aromatic nitrogens is 1. The summed E-state index contributed by atoms with van der Waals surface area (Å²) in [5, 5.41) is 5.54. The smallest absolute Gasteiger partial charge is 0.257 e. The second-order valence-electron chi connectivity index (χ2n) is 6.70. The highest BCUT2D eigenvalue weighted by Crippen LogP contribution is 2.25. The number of carbonyl (C=O) groups is 1. The average Bonchev–Trinajstić information content (AvgIpc) is 3.26. The minimum Gasteiger partial charge on any atom is -0.496 e. The van der Waals surface area contributed by atoms with Crippen LogP contribution in [0.5, 0.6) is 5.75 Å². The maximum Gasteiger partial charge on any atom is 0.257 e. The number of thiazole rings is 1. The van der Waals surface area contributed by atoms with Gasteiger partial charge in [-0.25, -0.2) is 4.98 Å². The lowest BCUT2D eigenvalue weighted by atomic mass is 10.1. The summed E-state index contributed by atoms with van der Waals surface area (Å²) in [6, 6.07) is 5.61. The molecule has 1 aliphatic heterocycles. The van der Waals surface area contributed by atoms with E-state index < -0.39 is 0 Å². The molecule has 1 aliphatic rings. The van der Waals surface area contributed by atoms with Crippen molar-refractivity contribution in [1.29, 1.82) is 0 Å². The van der Waals surface area contributed by atoms with Crippen LogP contribution in [0, 0.1) is 0 Å². The second kappa shape index (κ2) is 7.97. The van der Waals surface area contributed by atoms with E-state index in [4.69, 9.17) is 4.74 Å². The van der Waals surface area contributed by atoms with Gasteiger partial charge in [0.15, 0.2) is 5.13 Å². The minimum atomic E-state index is -0.130. The van der Waals surface area contributed by atoms with E-state index in [9.17, 15) is 4.79 Å². The van der Waals surface area contributed by atoms with Crippen LogP contribution in [-0.2, 0) is 6.54 Å². The molecule has 0 aliphatic carbocycles. The monoisotopic (exact) mass is 359 g/mol. The zero-order valence-electron chi connectivity index (χ0n) is 15.0. The van der Waals surface area contributed by atoms with E-state index in [2.05, 4.69) is 29.0 Å². The summed E-state index contributed by atoms with van der Waals surface area (Å²) in [6.45, 7) is 7.22. The van der Waals surface area contributed by atoms with E-state index in [1.807, 2.05) is 17.5 Å². The maximum absolute atomic E-state index is 12.6. The fourth-order valence-electron chi connectivity index (χ4n) is 3.00. The van der Waals surface area contributed by atoms with Crippen molar-refractivity contribution in [3.05, 3.63) is 40.4 Å². The number of ether oxygens (including phenoxy) is 1. The van der Waals surface area contributed by atoms with Crippen LogP contribution in [0.15, 0.2) is 23.6 Å². The van der Waals surface area contributed by atoms with Crippen molar-refractivity contribution in [3.63, 3.8) is 0 Å². The highest BCUT2D eigenvalue weighted by molar-refractivity contribution is 7.14. The Labute approximate surface area is 153 Å². The van der Waals surface area contributed by atoms with Gasteiger partial charge < -0.3 is 4.74 Å². The van der Waals surface area contributed by atoms with Crippen LogP contribution in [-0.4, -0.2) is 36.0 Å². The zero-order valence-corrected chi connectivity index (χ0v) is 15.9. The summed E-state index contributed by atoms with van der Waals surface area (Å²) < 4.78 is 5.47. The number of anilines is 1. The van der Waals surface area contributed by atoms with Crippen LogP contribution in [0.3, 0.4) is 0 Å². The largest absolute Gasteiger partial charge is 0.496 e. The first-order chi connectivity index (χ1) is 12.1. The lowest BCUT2D eigenvalue weighted by molar-refractivity contribution is 0.102. The summed E-state index contributed by atoms with van der Waals surface area (Å²) in [5.41, 5.74) is 2.69. The van der Waals surface area contributed by atoms with Gasteiger partial charge in [0, 0.05) is 23.1 Å². The van der Waals surface area contributed by atoms with E-state index in [0.717, 1.165) is 36.6 Å². The third-order valence-electron chi connectivity index (χ3n) is 4.47. The molecule has 1 aromatic heterocycles. The average molecular weight is 359 g/mol. The number of nitrogens with zero attached hydrogens (tertiary/aromatic N) is 2. The van der Waals surface area contributed by atoms with E-state index in [-0.39, 0.29) is 5.91 Å². The van der Waals surface area contributed by atoms with Crippen molar-refractivity contribution < 1.29 is 9.53 Å². The van der Waals surface area contributed by atoms with Gasteiger partial charge >= 0.3 is 0 Å². The molecule has 2 heterocycles. The van der Waals surface area contributed by atoms with Crippen molar-refractivity contribution >= 4 is 22.4 Å². The first kappa shape index (κ1) is 17.9. The standard InChI is InChI=1S/C19H25N3O2S/c1-13(2)16-12-25-19(20-16)21-18(23)14-6-7-17(24-3)15(10-14)11-22-8-4-5-9-22/h6-7,10,12-13H,4-5,8-9,11H2,1-3H3,(H,20,21,23). The van der Waals surface area contributed by atoms with Crippen molar-refractivity contribution in [2.24, 2.45) is 0 Å². The number of hydrogen-bond donors (Lipinski definition) is 1. The fourth-order valence-corrected chi connectivity index (χ4v) is 3.87. The Morgan fingerprint density at radius 2 is 2.12 bits per heavy atom. The quantitative estimate of drug-likeness (QED) is 0.843. The van der Waals surface area contributed by atoms with Crippen LogP contribution in [0.2, 0.25) is 0 Å². The number of methoxy groups -OCH3 is 1. The second-order valence-corrected chi connectivity index (χ2v) is 7.55. The molecule has 1 aromatic carbocycles. The number of amides is 1. The van der Waals surface area contributed by atoms with Crippen LogP contribution < -0.4 is 10.1 Å². The Morgan fingerprint density at radius 3 is 2.76 bits per heavy atom. The molecule has 0 radical (unpaired) electrons. The van der Waals surface area contributed by atoms with Crippen molar-refractivity contribution in [1.82, 2.24) is 9.88 Å². The first-order valence-corrected chi connectivity index (χ1v) is 9.61. The van der Waals surface area contributed by atoms with Gasteiger partial charge in [-0.3, -0.25) is 15.0 Å². The lowest BCUT2D eigenvalue weighted by Crippen LogP contribution is -2.19. The normalized spacial score (nSPS) is 14.9. The van der Waals surface area contributed by atoms with Gasteiger partial charge in [-0.15, -0.1) is 11.3 Å². The molecule has 1 fully saturated rings. The predicted octanol–water partition coefficient (Wildman–Crippen LogP) is 4.12. The highest BCUT2D eigenvalue weighted by Gasteiger charge is 2.17. The number of benzene rings is 1. The number of hydrogen-bond acceptors (Lipinski definition) is 5.